The van der Waals surface area contributed by atoms with Crippen LogP contribution in [0.3, 0.4) is 0 Å². The number of hydrogen-bond donors (Lipinski definition) is 1. The van der Waals surface area contributed by atoms with Gasteiger partial charge in [-0.15, -0.1) is 0 Å². The van der Waals surface area contributed by atoms with Crippen LogP contribution in [0.1, 0.15) is 52.0 Å². The van der Waals surface area contributed by atoms with Crippen molar-refractivity contribution >= 4 is 12.0 Å². The Morgan fingerprint density at radius 1 is 1.06 bits per heavy atom. The molecule has 1 aromatic rings. The number of amides is 2. The molecule has 0 spiro atoms. The molecule has 180 valence electrons. The van der Waals surface area contributed by atoms with Gasteiger partial charge in [0.1, 0.15) is 6.04 Å². The molecule has 8 nitrogen and oxygen atoms in total. The van der Waals surface area contributed by atoms with Gasteiger partial charge >= 0.3 is 12.0 Å². The van der Waals surface area contributed by atoms with Crippen LogP contribution in [0, 0.1) is 5.41 Å². The molecule has 1 heterocycles. The Labute approximate surface area is 191 Å². The summed E-state index contributed by atoms with van der Waals surface area (Å²) in [5, 5.41) is 2.94. The number of likely N-dealkylation sites (tertiary alicyclic amines) is 1. The van der Waals surface area contributed by atoms with E-state index >= 15 is 0 Å². The van der Waals surface area contributed by atoms with Crippen LogP contribution in [0.2, 0.25) is 0 Å². The van der Waals surface area contributed by atoms with Crippen molar-refractivity contribution in [2.75, 3.05) is 41.0 Å². The Balaban J connectivity index is 1.89. The van der Waals surface area contributed by atoms with Crippen LogP contribution in [0.25, 0.3) is 0 Å². The maximum absolute atomic E-state index is 12.7. The first kappa shape index (κ1) is 25.6. The number of nitrogens with one attached hydrogen (secondary N) is 1. The Bertz CT molecular complexity index is 749. The number of carbonyl (C=O) groups is 2. The number of rotatable bonds is 9. The highest BCUT2D eigenvalue weighted by atomic mass is 16.5. The Morgan fingerprint density at radius 3 is 2.28 bits per heavy atom. The van der Waals surface area contributed by atoms with Crippen molar-refractivity contribution in [2.24, 2.45) is 5.41 Å². The fourth-order valence-corrected chi connectivity index (χ4v) is 3.69. The third kappa shape index (κ3) is 7.21. The normalized spacial score (nSPS) is 16.3. The number of esters is 1. The molecule has 1 atom stereocenters. The van der Waals surface area contributed by atoms with Crippen molar-refractivity contribution in [3.05, 3.63) is 17.7 Å². The third-order valence-corrected chi connectivity index (χ3v) is 5.38. The van der Waals surface area contributed by atoms with Gasteiger partial charge in [0.15, 0.2) is 11.5 Å². The predicted molar refractivity (Wildman–Crippen MR) is 123 cm³/mol. The molecule has 0 bridgehead atoms. The van der Waals surface area contributed by atoms with Crippen LogP contribution in [0.4, 0.5) is 4.79 Å². The summed E-state index contributed by atoms with van der Waals surface area (Å²) in [6.45, 7) is 7.58. The molecule has 1 saturated heterocycles. The van der Waals surface area contributed by atoms with Crippen molar-refractivity contribution in [3.8, 4) is 17.2 Å². The summed E-state index contributed by atoms with van der Waals surface area (Å²) in [5.41, 5.74) is 0.977. The van der Waals surface area contributed by atoms with Crippen LogP contribution in [-0.2, 0) is 16.0 Å². The molecule has 0 saturated carbocycles. The first-order valence-electron chi connectivity index (χ1n) is 11.2. The second kappa shape index (κ2) is 11.8. The summed E-state index contributed by atoms with van der Waals surface area (Å²) in [5.74, 6) is 1.41. The zero-order chi connectivity index (χ0) is 23.7. The van der Waals surface area contributed by atoms with Gasteiger partial charge in [0.25, 0.3) is 0 Å². The van der Waals surface area contributed by atoms with Gasteiger partial charge in [-0.3, -0.25) is 0 Å². The Morgan fingerprint density at radius 2 is 1.72 bits per heavy atom. The first-order valence-corrected chi connectivity index (χ1v) is 11.2. The van der Waals surface area contributed by atoms with E-state index in [2.05, 4.69) is 26.1 Å². The van der Waals surface area contributed by atoms with Gasteiger partial charge in [-0.2, -0.15) is 0 Å². The summed E-state index contributed by atoms with van der Waals surface area (Å²) in [4.78, 5) is 27.0. The zero-order valence-corrected chi connectivity index (χ0v) is 20.3. The Hall–Kier alpha value is -2.64. The van der Waals surface area contributed by atoms with Gasteiger partial charge in [-0.05, 0) is 55.2 Å². The van der Waals surface area contributed by atoms with Crippen molar-refractivity contribution in [2.45, 2.75) is 58.9 Å². The Kier molecular flexibility index (Phi) is 9.47. The van der Waals surface area contributed by atoms with E-state index < -0.39 is 6.04 Å². The van der Waals surface area contributed by atoms with Gasteiger partial charge in [0.05, 0.1) is 27.9 Å². The molecule has 1 aromatic carbocycles. The molecule has 1 N–H and O–H groups in total. The topological polar surface area (TPSA) is 86.3 Å². The first-order chi connectivity index (χ1) is 15.2. The van der Waals surface area contributed by atoms with Crippen LogP contribution in [-0.4, -0.2) is 64.0 Å². The van der Waals surface area contributed by atoms with E-state index in [1.807, 2.05) is 12.1 Å². The lowest BCUT2D eigenvalue weighted by Gasteiger charge is -2.34. The van der Waals surface area contributed by atoms with Crippen LogP contribution >= 0.6 is 0 Å². The van der Waals surface area contributed by atoms with E-state index in [4.69, 9.17) is 18.9 Å². The van der Waals surface area contributed by atoms with Gasteiger partial charge < -0.3 is 29.2 Å². The quantitative estimate of drug-likeness (QED) is 0.455. The molecule has 8 heteroatoms. The summed E-state index contributed by atoms with van der Waals surface area (Å²) >= 11 is 0. The van der Waals surface area contributed by atoms with E-state index in [1.165, 1.54) is 0 Å². The van der Waals surface area contributed by atoms with Gasteiger partial charge in [-0.25, -0.2) is 9.59 Å². The lowest BCUT2D eigenvalue weighted by molar-refractivity contribution is -0.150. The van der Waals surface area contributed by atoms with Gasteiger partial charge in [0.2, 0.25) is 5.75 Å². The van der Waals surface area contributed by atoms with E-state index in [0.29, 0.717) is 49.6 Å². The fourth-order valence-electron chi connectivity index (χ4n) is 3.69. The van der Waals surface area contributed by atoms with Gasteiger partial charge in [-0.1, -0.05) is 20.8 Å². The number of ether oxygens (including phenoxy) is 4. The largest absolute Gasteiger partial charge is 0.493 e. The van der Waals surface area contributed by atoms with Crippen LogP contribution < -0.4 is 19.5 Å². The second-order valence-corrected chi connectivity index (χ2v) is 9.23. The fraction of sp³-hybridized carbons (Fsp3) is 0.667. The molecule has 32 heavy (non-hydrogen) atoms. The predicted octanol–water partition coefficient (Wildman–Crippen LogP) is 3.80. The highest BCUT2D eigenvalue weighted by Gasteiger charge is 2.33. The highest BCUT2D eigenvalue weighted by Crippen LogP contribution is 2.38. The van der Waals surface area contributed by atoms with Crippen LogP contribution in [0.15, 0.2) is 12.1 Å². The molecule has 0 radical (unpaired) electrons. The minimum Gasteiger partial charge on any atom is -0.493 e. The molecule has 1 fully saturated rings. The maximum atomic E-state index is 12.7. The summed E-state index contributed by atoms with van der Waals surface area (Å²) in [7, 11) is 4.73. The molecular weight excluding hydrogens is 412 g/mol. The van der Waals surface area contributed by atoms with Crippen molar-refractivity contribution in [3.63, 3.8) is 0 Å². The average molecular weight is 451 g/mol. The molecular formula is C24H38N2O6. The third-order valence-electron chi connectivity index (χ3n) is 5.38. The molecule has 0 aliphatic carbocycles. The summed E-state index contributed by atoms with van der Waals surface area (Å²) < 4.78 is 21.7. The summed E-state index contributed by atoms with van der Waals surface area (Å²) in [6.07, 6.45) is 3.77. The molecule has 2 rings (SSSR count). The summed E-state index contributed by atoms with van der Waals surface area (Å²) in [6, 6.07) is 3.07. The number of piperidine rings is 1. The molecule has 1 aliphatic rings. The SMILES string of the molecule is COc1cc(CCCOC(=O)[C@@H]2CCCCN2C(=O)NCC(C)(C)C)cc(OC)c1OC. The number of hydrogen-bond acceptors (Lipinski definition) is 6. The lowest BCUT2D eigenvalue weighted by atomic mass is 9.97. The number of benzene rings is 1. The molecule has 0 unspecified atom stereocenters. The number of aryl methyl sites for hydroxylation is 1. The minimum absolute atomic E-state index is 0.0196. The van der Waals surface area contributed by atoms with Crippen molar-refractivity contribution < 1.29 is 28.5 Å². The van der Waals surface area contributed by atoms with Gasteiger partial charge in [0, 0.05) is 13.1 Å². The van der Waals surface area contributed by atoms with E-state index in [9.17, 15) is 9.59 Å². The second-order valence-electron chi connectivity index (χ2n) is 9.23. The maximum Gasteiger partial charge on any atom is 0.328 e. The molecule has 1 aliphatic heterocycles. The minimum atomic E-state index is -0.523. The number of carbonyl (C=O) groups excluding carboxylic acids is 2. The van der Waals surface area contributed by atoms with Crippen molar-refractivity contribution in [1.29, 1.82) is 0 Å². The number of nitrogens with zero attached hydrogens (tertiary/aromatic N) is 1. The number of methoxy groups -OCH3 is 3. The molecule has 2 amide bonds. The smallest absolute Gasteiger partial charge is 0.328 e. The average Bonchev–Trinajstić information content (AvgIpc) is 2.78. The van der Waals surface area contributed by atoms with Crippen molar-refractivity contribution in [1.82, 2.24) is 10.2 Å². The van der Waals surface area contributed by atoms with E-state index in [0.717, 1.165) is 18.4 Å². The van der Waals surface area contributed by atoms with E-state index in [-0.39, 0.29) is 24.0 Å². The highest BCUT2D eigenvalue weighted by molar-refractivity contribution is 5.84. The number of urea groups is 1. The zero-order valence-electron chi connectivity index (χ0n) is 20.3. The van der Waals surface area contributed by atoms with E-state index in [1.54, 1.807) is 26.2 Å². The van der Waals surface area contributed by atoms with Crippen LogP contribution in [0.5, 0.6) is 17.2 Å². The monoisotopic (exact) mass is 450 g/mol. The molecule has 0 aromatic heterocycles. The standard InChI is InChI=1S/C24H38N2O6/c1-24(2,3)16-25-23(28)26-12-8-7-11-18(26)22(27)32-13-9-10-17-14-19(29-4)21(31-6)20(15-17)30-5/h14-15,18H,7-13,16H2,1-6H3,(H,25,28)/t18-/m0/s1. The lowest BCUT2D eigenvalue weighted by Crippen LogP contribution is -2.53.